The first-order valence-corrected chi connectivity index (χ1v) is 6.60. The van der Waals surface area contributed by atoms with E-state index in [1.54, 1.807) is 24.3 Å². The van der Waals surface area contributed by atoms with E-state index >= 15 is 0 Å². The van der Waals surface area contributed by atoms with Gasteiger partial charge in [0, 0.05) is 22.1 Å². The highest BCUT2D eigenvalue weighted by atomic mass is 16.6. The van der Waals surface area contributed by atoms with Gasteiger partial charge in [0.05, 0.1) is 0 Å². The molecule has 2 aromatic rings. The van der Waals surface area contributed by atoms with E-state index in [4.69, 9.17) is 9.15 Å². The number of rotatable bonds is 3. The molecule has 0 aliphatic carbocycles. The van der Waals surface area contributed by atoms with Gasteiger partial charge in [-0.3, -0.25) is 14.9 Å². The molecule has 116 valence electrons. The van der Waals surface area contributed by atoms with Crippen LogP contribution in [0.2, 0.25) is 0 Å². The van der Waals surface area contributed by atoms with Gasteiger partial charge < -0.3 is 9.15 Å². The molecule has 0 saturated heterocycles. The van der Waals surface area contributed by atoms with Crippen LogP contribution in [0.4, 0.5) is 0 Å². The van der Waals surface area contributed by atoms with Crippen LogP contribution in [0.15, 0.2) is 51.6 Å². The van der Waals surface area contributed by atoms with Crippen molar-refractivity contribution in [2.45, 2.75) is 13.0 Å². The van der Waals surface area contributed by atoms with Crippen molar-refractivity contribution in [3.63, 3.8) is 0 Å². The van der Waals surface area contributed by atoms with E-state index in [-0.39, 0.29) is 17.2 Å². The van der Waals surface area contributed by atoms with E-state index in [2.05, 4.69) is 4.99 Å². The van der Waals surface area contributed by atoms with Crippen molar-refractivity contribution in [1.29, 1.82) is 0 Å². The maximum absolute atomic E-state index is 12.1. The first kappa shape index (κ1) is 14.6. The minimum absolute atomic E-state index is 0.109. The number of hydrogen-bond acceptors (Lipinski definition) is 6. The predicted molar refractivity (Wildman–Crippen MR) is 78.6 cm³/mol. The van der Waals surface area contributed by atoms with Crippen LogP contribution < -0.4 is 0 Å². The molecule has 0 radical (unpaired) electrons. The molecular weight excluding hydrogens is 304 g/mol. The molecule has 23 heavy (non-hydrogen) atoms. The standard InChI is InChI=1S/C15H10N2O6/c1-8-6-11(13(17(20)21)14(18)16-8)23-15(19)12-7-9-4-2-3-5-10(9)22-12/h2-7,13H,1H3. The Labute approximate surface area is 129 Å². The molecule has 8 heteroatoms. The maximum atomic E-state index is 12.1. The summed E-state index contributed by atoms with van der Waals surface area (Å²) in [7, 11) is 0. The number of ether oxygens (including phenoxy) is 1. The highest BCUT2D eigenvalue weighted by Gasteiger charge is 2.40. The number of para-hydroxylation sites is 1. The molecule has 2 heterocycles. The SMILES string of the molecule is CC1=NC(=O)C([N+](=O)[O-])C(OC(=O)c2cc3ccccc3o2)=C1. The molecule has 0 N–H and O–H groups in total. The van der Waals surface area contributed by atoms with E-state index in [9.17, 15) is 19.7 Å². The molecule has 0 bridgehead atoms. The van der Waals surface area contributed by atoms with E-state index < -0.39 is 22.8 Å². The number of carbonyl (C=O) groups excluding carboxylic acids is 2. The molecule has 1 aliphatic rings. The molecule has 1 aromatic carbocycles. The molecular formula is C15H10N2O6. The lowest BCUT2D eigenvalue weighted by molar-refractivity contribution is -0.501. The van der Waals surface area contributed by atoms with Crippen LogP contribution in [0, 0.1) is 10.1 Å². The van der Waals surface area contributed by atoms with Gasteiger partial charge in [-0.15, -0.1) is 0 Å². The van der Waals surface area contributed by atoms with Gasteiger partial charge in [0.15, 0.2) is 5.76 Å². The first-order valence-electron chi connectivity index (χ1n) is 6.60. The fraction of sp³-hybridized carbons (Fsp3) is 0.133. The van der Waals surface area contributed by atoms with Crippen molar-refractivity contribution in [2.75, 3.05) is 0 Å². The average Bonchev–Trinajstić information content (AvgIpc) is 2.90. The van der Waals surface area contributed by atoms with Crippen LogP contribution >= 0.6 is 0 Å². The quantitative estimate of drug-likeness (QED) is 0.487. The lowest BCUT2D eigenvalue weighted by Gasteiger charge is -2.13. The van der Waals surface area contributed by atoms with Crippen LogP contribution in [0.1, 0.15) is 17.5 Å². The lowest BCUT2D eigenvalue weighted by Crippen LogP contribution is -2.35. The fourth-order valence-electron chi connectivity index (χ4n) is 2.19. The number of fused-ring (bicyclic) bond motifs is 1. The third kappa shape index (κ3) is 2.73. The summed E-state index contributed by atoms with van der Waals surface area (Å²) >= 11 is 0. The van der Waals surface area contributed by atoms with Gasteiger partial charge in [0.1, 0.15) is 5.58 Å². The number of benzene rings is 1. The molecule has 1 unspecified atom stereocenters. The number of dihydropyridines is 1. The molecule has 1 amide bonds. The number of hydrogen-bond donors (Lipinski definition) is 0. The fourth-order valence-corrected chi connectivity index (χ4v) is 2.19. The second-order valence-electron chi connectivity index (χ2n) is 4.86. The van der Waals surface area contributed by atoms with Crippen molar-refractivity contribution in [3.05, 3.63) is 58.0 Å². The monoisotopic (exact) mass is 314 g/mol. The third-order valence-electron chi connectivity index (χ3n) is 3.19. The summed E-state index contributed by atoms with van der Waals surface area (Å²) in [5.41, 5.74) is 0.706. The van der Waals surface area contributed by atoms with E-state index in [0.717, 1.165) is 0 Å². The van der Waals surface area contributed by atoms with Crippen molar-refractivity contribution in [3.8, 4) is 0 Å². The summed E-state index contributed by atoms with van der Waals surface area (Å²) in [5, 5.41) is 11.7. The summed E-state index contributed by atoms with van der Waals surface area (Å²) in [6.45, 7) is 1.48. The van der Waals surface area contributed by atoms with Crippen LogP contribution in [0.5, 0.6) is 0 Å². The zero-order valence-electron chi connectivity index (χ0n) is 11.9. The highest BCUT2D eigenvalue weighted by molar-refractivity contribution is 6.07. The Morgan fingerprint density at radius 1 is 1.39 bits per heavy atom. The number of furan rings is 1. The van der Waals surface area contributed by atoms with Crippen molar-refractivity contribution in [2.24, 2.45) is 4.99 Å². The van der Waals surface area contributed by atoms with E-state index in [0.29, 0.717) is 11.0 Å². The van der Waals surface area contributed by atoms with Crippen molar-refractivity contribution >= 4 is 28.6 Å². The van der Waals surface area contributed by atoms with E-state index in [1.807, 2.05) is 0 Å². The highest BCUT2D eigenvalue weighted by Crippen LogP contribution is 2.22. The van der Waals surface area contributed by atoms with Crippen molar-refractivity contribution in [1.82, 2.24) is 0 Å². The molecule has 3 rings (SSSR count). The van der Waals surface area contributed by atoms with Gasteiger partial charge in [-0.05, 0) is 19.1 Å². The zero-order valence-corrected chi connectivity index (χ0v) is 11.9. The summed E-state index contributed by atoms with van der Waals surface area (Å²) in [5.74, 6) is -2.39. The van der Waals surface area contributed by atoms with E-state index in [1.165, 1.54) is 19.1 Å². The molecule has 0 saturated carbocycles. The normalized spacial score (nSPS) is 17.6. The minimum atomic E-state index is -1.83. The Kier molecular flexibility index (Phi) is 3.49. The topological polar surface area (TPSA) is 112 Å². The van der Waals surface area contributed by atoms with Gasteiger partial charge in [-0.1, -0.05) is 18.2 Å². The molecule has 1 aliphatic heterocycles. The molecule has 1 atom stereocenters. The summed E-state index contributed by atoms with van der Waals surface area (Å²) < 4.78 is 10.3. The Hall–Kier alpha value is -3.29. The molecule has 1 aromatic heterocycles. The zero-order chi connectivity index (χ0) is 16.6. The summed E-state index contributed by atoms with van der Waals surface area (Å²) in [6, 6.07) is 6.57. The van der Waals surface area contributed by atoms with Gasteiger partial charge in [-0.25, -0.2) is 9.79 Å². The second kappa shape index (κ2) is 5.48. The number of carbonyl (C=O) groups is 2. The third-order valence-corrected chi connectivity index (χ3v) is 3.19. The van der Waals surface area contributed by atoms with Gasteiger partial charge in [0.2, 0.25) is 5.76 Å². The first-order chi connectivity index (χ1) is 11.0. The Bertz CT molecular complexity index is 859. The average molecular weight is 314 g/mol. The number of nitro groups is 1. The Morgan fingerprint density at radius 2 is 2.13 bits per heavy atom. The van der Waals surface area contributed by atoms with Crippen LogP contribution in [-0.4, -0.2) is 28.6 Å². The lowest BCUT2D eigenvalue weighted by atomic mass is 10.1. The van der Waals surface area contributed by atoms with Gasteiger partial charge in [-0.2, -0.15) is 0 Å². The Morgan fingerprint density at radius 3 is 2.83 bits per heavy atom. The minimum Gasteiger partial charge on any atom is -0.449 e. The largest absolute Gasteiger partial charge is 0.449 e. The predicted octanol–water partition coefficient (Wildman–Crippen LogP) is 2.12. The number of aliphatic imine (C=N–C) groups is 1. The smallest absolute Gasteiger partial charge is 0.379 e. The summed E-state index contributed by atoms with van der Waals surface area (Å²) in [6.07, 6.45) is 1.19. The van der Waals surface area contributed by atoms with Crippen molar-refractivity contribution < 1.29 is 23.7 Å². The number of nitrogens with zero attached hydrogens (tertiary/aromatic N) is 2. The molecule has 0 spiro atoms. The second-order valence-corrected chi connectivity index (χ2v) is 4.86. The summed E-state index contributed by atoms with van der Waals surface area (Å²) in [4.78, 5) is 37.4. The number of amides is 1. The number of allylic oxidation sites excluding steroid dienone is 1. The van der Waals surface area contributed by atoms with Crippen LogP contribution in [0.25, 0.3) is 11.0 Å². The maximum Gasteiger partial charge on any atom is 0.379 e. The van der Waals surface area contributed by atoms with Gasteiger partial charge >= 0.3 is 17.9 Å². The van der Waals surface area contributed by atoms with Crippen LogP contribution in [0.3, 0.4) is 0 Å². The number of esters is 1. The van der Waals surface area contributed by atoms with Gasteiger partial charge in [0.25, 0.3) is 0 Å². The van der Waals surface area contributed by atoms with Crippen LogP contribution in [-0.2, 0) is 9.53 Å². The molecule has 8 nitrogen and oxygen atoms in total. The molecule has 0 fully saturated rings. The Balaban J connectivity index is 1.90.